The maximum absolute atomic E-state index is 9.32. The average Bonchev–Trinajstić information content (AvgIpc) is 2.84. The van der Waals surface area contributed by atoms with Crippen molar-refractivity contribution in [3.63, 3.8) is 0 Å². The Bertz CT molecular complexity index is 422. The van der Waals surface area contributed by atoms with E-state index in [1.807, 2.05) is 6.07 Å². The van der Waals surface area contributed by atoms with Gasteiger partial charge in [0.2, 0.25) is 0 Å². The van der Waals surface area contributed by atoms with Crippen molar-refractivity contribution < 1.29 is 9.84 Å². The van der Waals surface area contributed by atoms with Gasteiger partial charge in [0.15, 0.2) is 0 Å². The molecule has 1 heterocycles. The molecule has 0 unspecified atom stereocenters. The predicted octanol–water partition coefficient (Wildman–Crippen LogP) is 3.08. The summed E-state index contributed by atoms with van der Waals surface area (Å²) in [6, 6.07) is 3.78. The molecule has 3 rings (SSSR count). The summed E-state index contributed by atoms with van der Waals surface area (Å²) >= 11 is 6.04. The number of hydrogen-bond donors (Lipinski definition) is 1. The van der Waals surface area contributed by atoms with E-state index in [2.05, 4.69) is 0 Å². The molecule has 0 aromatic heterocycles. The molecule has 2 aliphatic rings. The van der Waals surface area contributed by atoms with Gasteiger partial charge >= 0.3 is 0 Å². The minimum absolute atomic E-state index is 0.00102. The van der Waals surface area contributed by atoms with Crippen LogP contribution in [0.2, 0.25) is 5.02 Å². The molecule has 1 aromatic rings. The van der Waals surface area contributed by atoms with Crippen LogP contribution in [0.5, 0.6) is 5.75 Å². The highest BCUT2D eigenvalue weighted by molar-refractivity contribution is 6.30. The van der Waals surface area contributed by atoms with Crippen molar-refractivity contribution >= 4 is 11.6 Å². The molecule has 1 aromatic carbocycles. The molecule has 16 heavy (non-hydrogen) atoms. The zero-order chi connectivity index (χ0) is 11.2. The van der Waals surface area contributed by atoms with Gasteiger partial charge in [-0.15, -0.1) is 0 Å². The molecule has 0 radical (unpaired) electrons. The first-order valence-electron chi connectivity index (χ1n) is 5.84. The van der Waals surface area contributed by atoms with E-state index in [9.17, 15) is 5.11 Å². The Morgan fingerprint density at radius 2 is 2.06 bits per heavy atom. The number of hydrogen-bond acceptors (Lipinski definition) is 2. The monoisotopic (exact) mass is 238 g/mol. The summed E-state index contributed by atoms with van der Waals surface area (Å²) in [7, 11) is 0. The van der Waals surface area contributed by atoms with Gasteiger partial charge in [0, 0.05) is 17.0 Å². The van der Waals surface area contributed by atoms with E-state index in [1.54, 1.807) is 6.07 Å². The van der Waals surface area contributed by atoms with Gasteiger partial charge in [0.05, 0.1) is 6.61 Å². The molecule has 0 amide bonds. The highest BCUT2D eigenvalue weighted by atomic mass is 35.5. The molecule has 1 saturated carbocycles. The summed E-state index contributed by atoms with van der Waals surface area (Å²) in [6.07, 6.45) is 5.70. The fourth-order valence-corrected chi connectivity index (χ4v) is 3.25. The second-order valence-corrected chi connectivity index (χ2v) is 5.32. The van der Waals surface area contributed by atoms with Crippen molar-refractivity contribution in [1.29, 1.82) is 0 Å². The lowest BCUT2D eigenvalue weighted by Crippen LogP contribution is -2.30. The Hall–Kier alpha value is -0.730. The van der Waals surface area contributed by atoms with Gasteiger partial charge in [-0.3, -0.25) is 0 Å². The molecular weight excluding hydrogens is 224 g/mol. The van der Waals surface area contributed by atoms with Crippen LogP contribution in [0.15, 0.2) is 12.1 Å². The smallest absolute Gasteiger partial charge is 0.129 e. The van der Waals surface area contributed by atoms with Gasteiger partial charge in [-0.2, -0.15) is 0 Å². The van der Waals surface area contributed by atoms with Crippen LogP contribution in [0.3, 0.4) is 0 Å². The van der Waals surface area contributed by atoms with Crippen molar-refractivity contribution in [2.45, 2.75) is 44.3 Å². The summed E-state index contributed by atoms with van der Waals surface area (Å²) in [4.78, 5) is 0. The topological polar surface area (TPSA) is 29.5 Å². The third-order valence-corrected chi connectivity index (χ3v) is 3.94. The minimum atomic E-state index is -0.00102. The number of aliphatic hydroxyl groups is 1. The van der Waals surface area contributed by atoms with Crippen LogP contribution < -0.4 is 4.74 Å². The van der Waals surface area contributed by atoms with Crippen molar-refractivity contribution in [2.75, 3.05) is 0 Å². The molecule has 1 fully saturated rings. The number of benzene rings is 1. The van der Waals surface area contributed by atoms with Gasteiger partial charge in [-0.05, 0) is 43.4 Å². The zero-order valence-corrected chi connectivity index (χ0v) is 9.89. The average molecular weight is 239 g/mol. The molecule has 0 bridgehead atoms. The second kappa shape index (κ2) is 3.64. The summed E-state index contributed by atoms with van der Waals surface area (Å²) in [5, 5.41) is 10.0. The highest BCUT2D eigenvalue weighted by Gasteiger charge is 2.42. The van der Waals surface area contributed by atoms with Crippen molar-refractivity contribution in [3.8, 4) is 5.75 Å². The van der Waals surface area contributed by atoms with E-state index in [0.29, 0.717) is 5.02 Å². The fraction of sp³-hybridized carbons (Fsp3) is 0.538. The normalized spacial score (nSPS) is 21.1. The van der Waals surface area contributed by atoms with E-state index in [1.165, 1.54) is 18.4 Å². The first-order chi connectivity index (χ1) is 7.72. The molecule has 0 saturated heterocycles. The Balaban J connectivity index is 2.02. The Labute approximate surface area is 100 Å². The molecule has 1 aliphatic carbocycles. The molecule has 0 atom stereocenters. The Morgan fingerprint density at radius 1 is 1.31 bits per heavy atom. The summed E-state index contributed by atoms with van der Waals surface area (Å²) in [6.45, 7) is -0.00102. The maximum Gasteiger partial charge on any atom is 0.129 e. The number of ether oxygens (including phenoxy) is 1. The molecule has 86 valence electrons. The number of fused-ring (bicyclic) bond motifs is 1. The van der Waals surface area contributed by atoms with Gasteiger partial charge in [-0.25, -0.2) is 0 Å². The quantitative estimate of drug-likeness (QED) is 0.815. The maximum atomic E-state index is 9.32. The van der Waals surface area contributed by atoms with Gasteiger partial charge in [0.1, 0.15) is 11.4 Å². The second-order valence-electron chi connectivity index (χ2n) is 4.88. The van der Waals surface area contributed by atoms with E-state index in [4.69, 9.17) is 16.3 Å². The van der Waals surface area contributed by atoms with Crippen LogP contribution in [0, 0.1) is 0 Å². The van der Waals surface area contributed by atoms with Gasteiger partial charge in [-0.1, -0.05) is 11.6 Å². The first kappa shape index (κ1) is 10.4. The zero-order valence-electron chi connectivity index (χ0n) is 9.13. The number of halogens is 1. The van der Waals surface area contributed by atoms with Crippen LogP contribution in [0.1, 0.15) is 36.8 Å². The molecule has 2 nitrogen and oxygen atoms in total. The lowest BCUT2D eigenvalue weighted by atomic mass is 9.95. The van der Waals surface area contributed by atoms with Crippen LogP contribution in [0.25, 0.3) is 0 Å². The van der Waals surface area contributed by atoms with E-state index >= 15 is 0 Å². The first-order valence-corrected chi connectivity index (χ1v) is 6.21. The highest BCUT2D eigenvalue weighted by Crippen LogP contribution is 2.46. The SMILES string of the molecule is OCc1cc(Cl)cc2c1OC1(CCCC1)C2. The number of aliphatic hydroxyl groups excluding tert-OH is 1. The molecule has 1 spiro atoms. The predicted molar refractivity (Wildman–Crippen MR) is 62.9 cm³/mol. The summed E-state index contributed by atoms with van der Waals surface area (Å²) in [5.41, 5.74) is 2.00. The van der Waals surface area contributed by atoms with E-state index in [-0.39, 0.29) is 12.2 Å². The van der Waals surface area contributed by atoms with Crippen LogP contribution in [-0.2, 0) is 13.0 Å². The van der Waals surface area contributed by atoms with Crippen LogP contribution in [0.4, 0.5) is 0 Å². The third-order valence-electron chi connectivity index (χ3n) is 3.72. The molecule has 1 aliphatic heterocycles. The summed E-state index contributed by atoms with van der Waals surface area (Å²) < 4.78 is 6.11. The lowest BCUT2D eigenvalue weighted by molar-refractivity contribution is 0.100. The molecule has 3 heteroatoms. The van der Waals surface area contributed by atoms with Crippen molar-refractivity contribution in [3.05, 3.63) is 28.3 Å². The Morgan fingerprint density at radius 3 is 2.75 bits per heavy atom. The van der Waals surface area contributed by atoms with Crippen LogP contribution >= 0.6 is 11.6 Å². The van der Waals surface area contributed by atoms with Gasteiger partial charge < -0.3 is 9.84 Å². The van der Waals surface area contributed by atoms with E-state index in [0.717, 1.165) is 30.6 Å². The third kappa shape index (κ3) is 1.52. The van der Waals surface area contributed by atoms with Gasteiger partial charge in [0.25, 0.3) is 0 Å². The lowest BCUT2D eigenvalue weighted by Gasteiger charge is -2.22. The number of rotatable bonds is 1. The summed E-state index contributed by atoms with van der Waals surface area (Å²) in [5.74, 6) is 0.883. The van der Waals surface area contributed by atoms with Crippen LogP contribution in [-0.4, -0.2) is 10.7 Å². The fourth-order valence-electron chi connectivity index (χ4n) is 2.99. The van der Waals surface area contributed by atoms with Crippen molar-refractivity contribution in [2.24, 2.45) is 0 Å². The van der Waals surface area contributed by atoms with Crippen molar-refractivity contribution in [1.82, 2.24) is 0 Å². The van der Waals surface area contributed by atoms with E-state index < -0.39 is 0 Å². The minimum Gasteiger partial charge on any atom is -0.486 e. The Kier molecular flexibility index (Phi) is 2.37. The molecule has 1 N–H and O–H groups in total. The molecular formula is C13H15ClO2. The standard InChI is InChI=1S/C13H15ClO2/c14-11-5-9-7-13(3-1-2-4-13)16-12(9)10(6-11)8-15/h5-6,15H,1-4,7-8H2. The largest absolute Gasteiger partial charge is 0.486 e.